The largest absolute Gasteiger partial charge is 0.468 e. The Hall–Kier alpha value is -2.28. The van der Waals surface area contributed by atoms with E-state index in [1.807, 2.05) is 0 Å². The Kier molecular flexibility index (Phi) is 4.36. The van der Waals surface area contributed by atoms with Gasteiger partial charge in [0.25, 0.3) is 0 Å². The average Bonchev–Trinajstić information content (AvgIpc) is 3.09. The monoisotopic (exact) mass is 348 g/mol. The number of benzene rings is 1. The van der Waals surface area contributed by atoms with Crippen molar-refractivity contribution in [1.82, 2.24) is 10.2 Å². The lowest BCUT2D eigenvalue weighted by atomic mass is 9.78. The zero-order chi connectivity index (χ0) is 18.4. The van der Waals surface area contributed by atoms with Crippen LogP contribution in [0.15, 0.2) is 24.3 Å². The number of nitrogens with zero attached hydrogens (tertiary/aromatic N) is 1. The molecule has 0 aromatic heterocycles. The summed E-state index contributed by atoms with van der Waals surface area (Å²) in [6, 6.07) is 5.32. The number of rotatable bonds is 4. The van der Waals surface area contributed by atoms with Crippen LogP contribution >= 0.6 is 0 Å². The quantitative estimate of drug-likeness (QED) is 0.658. The van der Waals surface area contributed by atoms with E-state index >= 15 is 0 Å². The average molecular weight is 348 g/mol. The lowest BCUT2D eigenvalue weighted by Crippen LogP contribution is -2.55. The van der Waals surface area contributed by atoms with Gasteiger partial charge in [-0.15, -0.1) is 0 Å². The number of esters is 1. The van der Waals surface area contributed by atoms with Crippen LogP contribution in [0.2, 0.25) is 0 Å². The number of ether oxygens (including phenoxy) is 1. The predicted octanol–water partition coefficient (Wildman–Crippen LogP) is 1.41. The zero-order valence-corrected chi connectivity index (χ0v) is 14.4. The highest BCUT2D eigenvalue weighted by Crippen LogP contribution is 2.50. The van der Waals surface area contributed by atoms with Crippen molar-refractivity contribution in [2.24, 2.45) is 11.8 Å². The van der Waals surface area contributed by atoms with Crippen molar-refractivity contribution in [3.05, 3.63) is 35.6 Å². The maximum Gasteiger partial charge on any atom is 0.326 e. The Balaban J connectivity index is 2.17. The third-order valence-corrected chi connectivity index (χ3v) is 5.41. The second-order valence-electron chi connectivity index (χ2n) is 6.38. The SMILES string of the molecule is CCN1C(=O)C2C(c3ccccc3F)NC(CC)(C(=O)OC)C2C1=O. The summed E-state index contributed by atoms with van der Waals surface area (Å²) in [5.74, 6) is -3.60. The van der Waals surface area contributed by atoms with Gasteiger partial charge < -0.3 is 4.74 Å². The first kappa shape index (κ1) is 17.5. The number of carbonyl (C=O) groups excluding carboxylic acids is 3. The van der Waals surface area contributed by atoms with Crippen molar-refractivity contribution in [3.63, 3.8) is 0 Å². The van der Waals surface area contributed by atoms with Gasteiger partial charge in [0.15, 0.2) is 0 Å². The number of fused-ring (bicyclic) bond motifs is 1. The van der Waals surface area contributed by atoms with Gasteiger partial charge >= 0.3 is 5.97 Å². The van der Waals surface area contributed by atoms with Crippen molar-refractivity contribution in [2.45, 2.75) is 31.8 Å². The van der Waals surface area contributed by atoms with Gasteiger partial charge in [-0.3, -0.25) is 24.6 Å². The van der Waals surface area contributed by atoms with Crippen LogP contribution in [0.4, 0.5) is 4.39 Å². The van der Waals surface area contributed by atoms with Gasteiger partial charge in [-0.1, -0.05) is 25.1 Å². The van der Waals surface area contributed by atoms with Gasteiger partial charge in [-0.05, 0) is 19.4 Å². The van der Waals surface area contributed by atoms with E-state index in [1.54, 1.807) is 32.0 Å². The summed E-state index contributed by atoms with van der Waals surface area (Å²) >= 11 is 0. The minimum Gasteiger partial charge on any atom is -0.468 e. The first-order valence-electron chi connectivity index (χ1n) is 8.38. The number of hydrogen-bond donors (Lipinski definition) is 1. The molecule has 2 fully saturated rings. The Morgan fingerprint density at radius 2 is 1.96 bits per heavy atom. The van der Waals surface area contributed by atoms with Crippen LogP contribution < -0.4 is 5.32 Å². The Morgan fingerprint density at radius 1 is 1.28 bits per heavy atom. The normalized spacial score (nSPS) is 31.4. The lowest BCUT2D eigenvalue weighted by molar-refractivity contribution is -0.154. The minimum absolute atomic E-state index is 0.218. The van der Waals surface area contributed by atoms with Crippen molar-refractivity contribution >= 4 is 17.8 Å². The zero-order valence-electron chi connectivity index (χ0n) is 14.4. The molecule has 0 bridgehead atoms. The molecule has 4 unspecified atom stereocenters. The van der Waals surface area contributed by atoms with Gasteiger partial charge in [0.1, 0.15) is 11.4 Å². The molecule has 1 N–H and O–H groups in total. The molecule has 2 saturated heterocycles. The summed E-state index contributed by atoms with van der Waals surface area (Å²) in [5.41, 5.74) is -1.07. The van der Waals surface area contributed by atoms with E-state index in [0.29, 0.717) is 0 Å². The van der Waals surface area contributed by atoms with Crippen molar-refractivity contribution in [3.8, 4) is 0 Å². The fourth-order valence-electron chi connectivity index (χ4n) is 4.21. The molecule has 4 atom stereocenters. The minimum atomic E-state index is -1.34. The molecule has 2 amide bonds. The summed E-state index contributed by atoms with van der Waals surface area (Å²) in [6.45, 7) is 3.67. The highest BCUT2D eigenvalue weighted by Gasteiger charge is 2.68. The molecule has 6 nitrogen and oxygen atoms in total. The van der Waals surface area contributed by atoms with Crippen molar-refractivity contribution < 1.29 is 23.5 Å². The number of likely N-dealkylation sites (tertiary alicyclic amines) is 1. The van der Waals surface area contributed by atoms with Gasteiger partial charge in [-0.2, -0.15) is 0 Å². The lowest BCUT2D eigenvalue weighted by Gasteiger charge is -2.31. The molecule has 0 saturated carbocycles. The van der Waals surface area contributed by atoms with E-state index in [2.05, 4.69) is 5.32 Å². The molecule has 7 heteroatoms. The van der Waals surface area contributed by atoms with E-state index in [1.165, 1.54) is 13.2 Å². The molecule has 1 aromatic rings. The van der Waals surface area contributed by atoms with Crippen LogP contribution in [-0.4, -0.2) is 41.9 Å². The summed E-state index contributed by atoms with van der Waals surface area (Å²) in [5, 5.41) is 3.09. The number of hydrogen-bond acceptors (Lipinski definition) is 5. The maximum atomic E-state index is 14.4. The molecule has 0 aliphatic carbocycles. The van der Waals surface area contributed by atoms with E-state index in [9.17, 15) is 18.8 Å². The second kappa shape index (κ2) is 6.22. The fourth-order valence-corrected chi connectivity index (χ4v) is 4.21. The molecule has 0 radical (unpaired) electrons. The maximum absolute atomic E-state index is 14.4. The van der Waals surface area contributed by atoms with Crippen LogP contribution in [0, 0.1) is 17.7 Å². The highest BCUT2D eigenvalue weighted by atomic mass is 19.1. The van der Waals surface area contributed by atoms with Gasteiger partial charge in [0.2, 0.25) is 11.8 Å². The van der Waals surface area contributed by atoms with Crippen molar-refractivity contribution in [1.29, 1.82) is 0 Å². The van der Waals surface area contributed by atoms with Crippen LogP contribution in [0.25, 0.3) is 0 Å². The number of imide groups is 1. The van der Waals surface area contributed by atoms with Crippen LogP contribution in [-0.2, 0) is 19.1 Å². The standard InChI is InChI=1S/C18H21FN2O4/c1-4-18(17(24)25-3)13-12(15(22)21(5-2)16(13)23)14(20-18)10-8-6-7-9-11(10)19/h6-9,12-14,20H,4-5H2,1-3H3. The summed E-state index contributed by atoms with van der Waals surface area (Å²) in [7, 11) is 1.24. The molecule has 25 heavy (non-hydrogen) atoms. The topological polar surface area (TPSA) is 75.7 Å². The van der Waals surface area contributed by atoms with Gasteiger partial charge in [-0.25, -0.2) is 4.39 Å². The third kappa shape index (κ3) is 2.29. The number of carbonyl (C=O) groups is 3. The van der Waals surface area contributed by atoms with E-state index < -0.39 is 41.1 Å². The molecule has 134 valence electrons. The Morgan fingerprint density at radius 3 is 2.52 bits per heavy atom. The molecule has 3 rings (SSSR count). The molecular formula is C18H21FN2O4. The second-order valence-corrected chi connectivity index (χ2v) is 6.38. The molecule has 1 aromatic carbocycles. The number of methoxy groups -OCH3 is 1. The number of nitrogens with one attached hydrogen (secondary N) is 1. The molecule has 2 heterocycles. The molecule has 2 aliphatic rings. The first-order chi connectivity index (χ1) is 11.9. The summed E-state index contributed by atoms with van der Waals surface area (Å²) < 4.78 is 19.3. The highest BCUT2D eigenvalue weighted by molar-refractivity contribution is 6.09. The van der Waals surface area contributed by atoms with E-state index in [0.717, 1.165) is 4.90 Å². The summed E-state index contributed by atoms with van der Waals surface area (Å²) in [4.78, 5) is 39.4. The predicted molar refractivity (Wildman–Crippen MR) is 86.7 cm³/mol. The van der Waals surface area contributed by atoms with Crippen LogP contribution in [0.3, 0.4) is 0 Å². The molecular weight excluding hydrogens is 327 g/mol. The number of halogens is 1. The fraction of sp³-hybridized carbons (Fsp3) is 0.500. The molecule has 2 aliphatic heterocycles. The van der Waals surface area contributed by atoms with Gasteiger partial charge in [0.05, 0.1) is 18.9 Å². The van der Waals surface area contributed by atoms with E-state index in [-0.39, 0.29) is 24.4 Å². The van der Waals surface area contributed by atoms with E-state index in [4.69, 9.17) is 4.74 Å². The van der Waals surface area contributed by atoms with Crippen molar-refractivity contribution in [2.75, 3.05) is 13.7 Å². The third-order valence-electron chi connectivity index (χ3n) is 5.41. The number of amides is 2. The first-order valence-corrected chi connectivity index (χ1v) is 8.38. The van der Waals surface area contributed by atoms with Crippen LogP contribution in [0.5, 0.6) is 0 Å². The summed E-state index contributed by atoms with van der Waals surface area (Å²) in [6.07, 6.45) is 0.252. The Labute approximate surface area is 145 Å². The van der Waals surface area contributed by atoms with Crippen LogP contribution in [0.1, 0.15) is 31.9 Å². The smallest absolute Gasteiger partial charge is 0.326 e. The molecule has 0 spiro atoms. The Bertz CT molecular complexity index is 738. The van der Waals surface area contributed by atoms with Gasteiger partial charge in [0, 0.05) is 18.2 Å².